The lowest BCUT2D eigenvalue weighted by molar-refractivity contribution is 0.108. The van der Waals surface area contributed by atoms with E-state index in [-0.39, 0.29) is 18.5 Å². The van der Waals surface area contributed by atoms with E-state index in [0.29, 0.717) is 0 Å². The maximum Gasteiger partial charge on any atom is 0 e. The topological polar surface area (TPSA) is 0 Å². The van der Waals surface area contributed by atoms with Gasteiger partial charge in [0.2, 0.25) is 0 Å². The second-order valence-electron chi connectivity index (χ2n) is 2.79. The molecule has 0 aliphatic rings. The Labute approximate surface area is 138 Å². The van der Waals surface area contributed by atoms with Gasteiger partial charge in [0.1, 0.15) is 0 Å². The third-order valence-electron chi connectivity index (χ3n) is 1.56. The van der Waals surface area contributed by atoms with E-state index in [4.69, 9.17) is 73.9 Å². The standard InChI is InChI=1S/C3H4.CH4.B11.3F2.FH/c1-3-2;;1-7-10(6)11(8(2)3)9(4)5;3*1-2;/h1H,2H3;1H4;;;;;1H. The van der Waals surface area contributed by atoms with Crippen molar-refractivity contribution in [2.45, 2.75) is 14.4 Å². The highest BCUT2D eigenvalue weighted by molar-refractivity contribution is 8.01. The van der Waals surface area contributed by atoms with Gasteiger partial charge in [-0.2, -0.15) is 0 Å². The molecule has 0 N–H and O–H groups in total. The number of hydrogen-bond donors (Lipinski definition) is 0. The lowest BCUT2D eigenvalue weighted by Crippen LogP contribution is -2.63. The first kappa shape index (κ1) is 43.1. The Bertz CT molecular complexity index is 172. The van der Waals surface area contributed by atoms with E-state index in [1.807, 2.05) is 0 Å². The first-order valence-electron chi connectivity index (χ1n) is 4.55. The van der Waals surface area contributed by atoms with Gasteiger partial charge in [-0.1, -0.05) is 7.43 Å². The Morgan fingerprint density at radius 2 is 1.05 bits per heavy atom. The van der Waals surface area contributed by atoms with Gasteiger partial charge in [-0.05, 0) is 6.92 Å². The van der Waals surface area contributed by atoms with E-state index in [9.17, 15) is 0 Å². The Morgan fingerprint density at radius 1 is 0.864 bits per heavy atom. The molecule has 0 saturated carbocycles. The highest BCUT2D eigenvalue weighted by Gasteiger charge is 2.26. The van der Waals surface area contributed by atoms with Crippen molar-refractivity contribution in [2.75, 3.05) is 0 Å². The van der Waals surface area contributed by atoms with E-state index >= 15 is 0 Å². The van der Waals surface area contributed by atoms with Gasteiger partial charge >= 0.3 is 0 Å². The van der Waals surface area contributed by atoms with Gasteiger partial charge in [0.05, 0.1) is 0 Å². The molecule has 0 nitrogen and oxygen atoms in total. The fourth-order valence-corrected chi connectivity index (χ4v) is 0.898. The van der Waals surface area contributed by atoms with Crippen LogP contribution in [0.4, 0.5) is 32.1 Å². The van der Waals surface area contributed by atoms with Crippen LogP contribution in [0, 0.1) is 12.3 Å². The molecule has 0 fully saturated rings. The maximum atomic E-state index is 8.00. The van der Waals surface area contributed by atoms with Crippen LogP contribution in [-0.4, -0.2) is 79.0 Å². The molecule has 0 aliphatic heterocycles. The summed E-state index contributed by atoms with van der Waals surface area (Å²) in [6, 6.07) is 0. The zero-order chi connectivity index (χ0) is 17.7. The lowest BCUT2D eigenvalue weighted by atomic mass is 8.56. The molecule has 0 atom stereocenters. The fourth-order valence-electron chi connectivity index (χ4n) is 0.898. The minimum atomic E-state index is -0.648. The molecule has 22 heavy (non-hydrogen) atoms. The molecule has 0 bridgehead atoms. The highest BCUT2D eigenvalue weighted by atomic mass is 20.0. The van der Waals surface area contributed by atoms with Crippen LogP contribution in [0.2, 0.25) is 0 Å². The molecule has 0 unspecified atom stereocenters. The molecule has 0 aromatic heterocycles. The minimum Gasteiger partial charge on any atom is -0.269 e. The number of hydrogen-bond acceptors (Lipinski definition) is 0. The van der Waals surface area contributed by atoms with Gasteiger partial charge in [0, 0.05) is 106 Å². The van der Waals surface area contributed by atoms with Gasteiger partial charge in [-0.15, -0.1) is 12.3 Å². The quantitative estimate of drug-likeness (QED) is 0.382. The van der Waals surface area contributed by atoms with Crippen LogP contribution >= 0.6 is 0 Å². The first-order chi connectivity index (χ1) is 9.42. The van der Waals surface area contributed by atoms with Crippen LogP contribution in [0.5, 0.6) is 0 Å². The maximum absolute atomic E-state index is 8.00. The fraction of sp³-hybridized carbons (Fsp3) is 0.500. The molecule has 0 aliphatic carbocycles. The largest absolute Gasteiger partial charge is 0.269 e. The molecule has 18 heteroatoms. The van der Waals surface area contributed by atoms with E-state index in [2.05, 4.69) is 12.3 Å². The summed E-state index contributed by atoms with van der Waals surface area (Å²) in [4.78, 5) is 0. The summed E-state index contributed by atoms with van der Waals surface area (Å²) in [5.74, 6) is 2.25. The number of rotatable bonds is 4. The summed E-state index contributed by atoms with van der Waals surface area (Å²) < 4.78 is 48.0. The zero-order valence-electron chi connectivity index (χ0n) is 11.1. The molecule has 13 radical (unpaired) electrons. The molecule has 0 heterocycles. The first-order valence-corrected chi connectivity index (χ1v) is 4.55. The molecule has 0 rings (SSSR count). The van der Waals surface area contributed by atoms with Crippen molar-refractivity contribution >= 4 is 79.0 Å². The summed E-state index contributed by atoms with van der Waals surface area (Å²) in [6.07, 6.45) is 2.45. The van der Waals surface area contributed by atoms with Crippen molar-refractivity contribution in [2.24, 2.45) is 0 Å². The average Bonchev–Trinajstić information content (AvgIpc) is 2.45. The smallest absolute Gasteiger partial charge is 0 e. The second-order valence-corrected chi connectivity index (χ2v) is 2.79. The summed E-state index contributed by atoms with van der Waals surface area (Å²) in [7, 11) is 33.5. The summed E-state index contributed by atoms with van der Waals surface area (Å²) in [5, 5.41) is 0. The van der Waals surface area contributed by atoms with Crippen molar-refractivity contribution in [3.63, 3.8) is 0 Å². The van der Waals surface area contributed by atoms with Gasteiger partial charge in [0.25, 0.3) is 0 Å². The van der Waals surface area contributed by atoms with Crippen molar-refractivity contribution in [1.29, 1.82) is 0 Å². The normalized spacial score (nSPS) is 5.36. The van der Waals surface area contributed by atoms with E-state index in [1.54, 1.807) is 6.92 Å². The zero-order valence-corrected chi connectivity index (χ0v) is 11.1. The molecular formula is C4H9B11F7. The third-order valence-corrected chi connectivity index (χ3v) is 1.56. The van der Waals surface area contributed by atoms with Crippen molar-refractivity contribution in [3.8, 4) is 12.3 Å². The molecule has 0 amide bonds. The summed E-state index contributed by atoms with van der Waals surface area (Å²) >= 11 is 0. The number of halogens is 7. The predicted octanol–water partition coefficient (Wildman–Crippen LogP) is -0.239. The van der Waals surface area contributed by atoms with E-state index < -0.39 is 19.2 Å². The molecule has 0 aromatic carbocycles. The molecule has 0 spiro atoms. The summed E-state index contributed by atoms with van der Waals surface area (Å²) in [5.41, 5.74) is 0. The molecule has 107 valence electrons. The summed E-state index contributed by atoms with van der Waals surface area (Å²) in [6.45, 7) is 1.65. The van der Waals surface area contributed by atoms with Crippen LogP contribution in [-0.2, 0) is 0 Å². The van der Waals surface area contributed by atoms with E-state index in [0.717, 1.165) is 0 Å². The lowest BCUT2D eigenvalue weighted by Gasteiger charge is -2.25. The van der Waals surface area contributed by atoms with Crippen LogP contribution in [0.25, 0.3) is 0 Å². The van der Waals surface area contributed by atoms with E-state index in [1.165, 1.54) is 7.06 Å². The minimum absolute atomic E-state index is 0. The molecule has 0 saturated heterocycles. The number of terminal acetylenes is 1. The Hall–Kier alpha value is -0.216. The van der Waals surface area contributed by atoms with Crippen LogP contribution < -0.4 is 0 Å². The molecular weight excluding hydrogens is 300 g/mol. The van der Waals surface area contributed by atoms with Crippen molar-refractivity contribution in [1.82, 2.24) is 0 Å². The van der Waals surface area contributed by atoms with Crippen molar-refractivity contribution < 1.29 is 32.1 Å². The predicted molar refractivity (Wildman–Crippen MR) is 93.7 cm³/mol. The Balaban J connectivity index is -0.0000000349. The van der Waals surface area contributed by atoms with Gasteiger partial charge in [0.15, 0.2) is 0 Å². The Kier molecular flexibility index (Phi) is 83.8. The Morgan fingerprint density at radius 3 is 1.09 bits per heavy atom. The van der Waals surface area contributed by atoms with Gasteiger partial charge in [-0.25, -0.2) is 0 Å². The van der Waals surface area contributed by atoms with Gasteiger partial charge < -0.3 is 0 Å². The molecule has 0 aromatic rings. The third kappa shape index (κ3) is 36.7. The van der Waals surface area contributed by atoms with Crippen LogP contribution in [0.15, 0.2) is 0 Å². The van der Waals surface area contributed by atoms with Crippen LogP contribution in [0.3, 0.4) is 0 Å². The van der Waals surface area contributed by atoms with Gasteiger partial charge in [-0.3, -0.25) is 4.70 Å². The van der Waals surface area contributed by atoms with Crippen LogP contribution in [0.1, 0.15) is 14.4 Å². The van der Waals surface area contributed by atoms with Crippen molar-refractivity contribution in [3.05, 3.63) is 0 Å². The second kappa shape index (κ2) is 42.8. The SMILES string of the molecule is C.C#CC.F.FF.FF.FF.[B][B]B([B])B(B([B])[B])B([B])[B]. The average molecular weight is 309 g/mol. The monoisotopic (exact) mass is 311 g/mol. The highest BCUT2D eigenvalue weighted by Crippen LogP contribution is 1.88.